The maximum absolute atomic E-state index is 11.9. The first-order valence-electron chi connectivity index (χ1n) is 11.6. The number of allylic oxidation sites excluding steroid dienone is 1. The van der Waals surface area contributed by atoms with Crippen molar-refractivity contribution in [1.82, 2.24) is 0 Å². The lowest BCUT2D eigenvalue weighted by molar-refractivity contribution is -0.229. The summed E-state index contributed by atoms with van der Waals surface area (Å²) in [6.07, 6.45) is 3.42. The molecule has 6 nitrogen and oxygen atoms in total. The molecule has 8 heteroatoms. The topological polar surface area (TPSA) is 66.5 Å². The van der Waals surface area contributed by atoms with Gasteiger partial charge in [-0.2, -0.15) is 0 Å². The average Bonchev–Trinajstić information content (AvgIpc) is 3.38. The Morgan fingerprint density at radius 1 is 1.16 bits per heavy atom. The number of hydrogen-bond donors (Lipinski definition) is 0. The van der Waals surface area contributed by atoms with Crippen LogP contribution in [0.2, 0.25) is 39.3 Å². The molecule has 4 aliphatic rings. The number of fused-ring (bicyclic) bond motifs is 2. The summed E-state index contributed by atoms with van der Waals surface area (Å²) >= 11 is 0. The third-order valence-corrected chi connectivity index (χ3v) is 9.68. The Morgan fingerprint density at radius 3 is 2.29 bits per heavy atom. The number of epoxide rings is 1. The zero-order chi connectivity index (χ0) is 23.0. The second-order valence-corrected chi connectivity index (χ2v) is 21.1. The molecule has 2 bridgehead atoms. The summed E-state index contributed by atoms with van der Waals surface area (Å²) in [7, 11) is -3.82. The summed E-state index contributed by atoms with van der Waals surface area (Å²) in [5, 5.41) is 0. The highest BCUT2D eigenvalue weighted by atomic mass is 28.4. The Bertz CT molecular complexity index is 780. The van der Waals surface area contributed by atoms with Crippen molar-refractivity contribution in [3.8, 4) is 0 Å². The maximum Gasteiger partial charge on any atom is 0.302 e. The number of rotatable bonds is 6. The van der Waals surface area contributed by atoms with Crippen LogP contribution in [0.1, 0.15) is 33.6 Å². The molecule has 2 heterocycles. The van der Waals surface area contributed by atoms with Crippen molar-refractivity contribution in [2.24, 2.45) is 10.8 Å². The summed E-state index contributed by atoms with van der Waals surface area (Å²) in [4.78, 5) is 11.9. The molecule has 4 rings (SSSR count). The highest BCUT2D eigenvalue weighted by molar-refractivity contribution is 6.70. The van der Waals surface area contributed by atoms with Crippen molar-refractivity contribution in [3.05, 3.63) is 11.6 Å². The minimum atomic E-state index is -1.93. The van der Waals surface area contributed by atoms with Crippen LogP contribution >= 0.6 is 0 Å². The Balaban J connectivity index is 1.88. The van der Waals surface area contributed by atoms with Crippen LogP contribution < -0.4 is 0 Å². The molecule has 31 heavy (non-hydrogen) atoms. The molecule has 0 radical (unpaired) electrons. The van der Waals surface area contributed by atoms with E-state index in [4.69, 9.17) is 23.1 Å². The second-order valence-electron chi connectivity index (χ2n) is 12.2. The van der Waals surface area contributed by atoms with Gasteiger partial charge in [0.05, 0.1) is 24.9 Å². The van der Waals surface area contributed by atoms with Crippen LogP contribution in [0, 0.1) is 10.8 Å². The molecule has 0 aromatic rings. The van der Waals surface area contributed by atoms with Gasteiger partial charge in [0.15, 0.2) is 16.6 Å². The summed E-state index contributed by atoms with van der Waals surface area (Å²) in [5.41, 5.74) is 0.0827. The predicted octanol–water partition coefficient (Wildman–Crippen LogP) is 4.27. The molecule has 2 saturated heterocycles. The summed E-state index contributed by atoms with van der Waals surface area (Å²) in [6, 6.07) is 0. The molecule has 0 N–H and O–H groups in total. The van der Waals surface area contributed by atoms with E-state index in [1.54, 1.807) is 0 Å². The van der Waals surface area contributed by atoms with Gasteiger partial charge in [-0.25, -0.2) is 0 Å². The van der Waals surface area contributed by atoms with E-state index in [0.717, 1.165) is 12.8 Å². The van der Waals surface area contributed by atoms with E-state index in [2.05, 4.69) is 59.2 Å². The van der Waals surface area contributed by atoms with Crippen LogP contribution in [-0.4, -0.2) is 65.8 Å². The lowest BCUT2D eigenvalue weighted by Gasteiger charge is -2.58. The van der Waals surface area contributed by atoms with Gasteiger partial charge in [-0.3, -0.25) is 4.79 Å². The van der Waals surface area contributed by atoms with E-state index in [1.807, 2.05) is 0 Å². The van der Waals surface area contributed by atoms with Gasteiger partial charge in [0, 0.05) is 17.8 Å². The molecule has 1 saturated carbocycles. The zero-order valence-corrected chi connectivity index (χ0v) is 22.7. The SMILES string of the molecule is CC(=O)OCC12CCC(C)=CC1OC1C(O[Si](C)(C)C)C(O[Si](C)(C)C)C2(C)C12CO2. The lowest BCUT2D eigenvalue weighted by Crippen LogP contribution is -2.67. The second kappa shape index (κ2) is 7.24. The standard InChI is InChI=1S/C23H40O6Si2/c1-15-10-11-22(13-25-16(2)24)17(12-15)27-20-18(28-30(4,5)6)19(29-31(7,8)9)21(22,3)23(20)14-26-23/h12,17-20H,10-11,13-14H2,1-9H3. The Labute approximate surface area is 189 Å². The Hall–Kier alpha value is -0.516. The molecule has 176 valence electrons. The van der Waals surface area contributed by atoms with Crippen molar-refractivity contribution in [2.45, 2.75) is 103 Å². The molecule has 1 spiro atoms. The highest BCUT2D eigenvalue weighted by Crippen LogP contribution is 2.72. The van der Waals surface area contributed by atoms with Gasteiger partial charge in [0.25, 0.3) is 0 Å². The fourth-order valence-electron chi connectivity index (χ4n) is 6.30. The molecule has 2 aliphatic carbocycles. The van der Waals surface area contributed by atoms with Crippen LogP contribution in [0.4, 0.5) is 0 Å². The van der Waals surface area contributed by atoms with Gasteiger partial charge in [-0.1, -0.05) is 18.6 Å². The predicted molar refractivity (Wildman–Crippen MR) is 124 cm³/mol. The number of hydrogen-bond acceptors (Lipinski definition) is 6. The largest absolute Gasteiger partial charge is 0.465 e. The van der Waals surface area contributed by atoms with Crippen LogP contribution in [-0.2, 0) is 27.9 Å². The van der Waals surface area contributed by atoms with Crippen molar-refractivity contribution in [2.75, 3.05) is 13.2 Å². The smallest absolute Gasteiger partial charge is 0.302 e. The summed E-state index contributed by atoms with van der Waals surface area (Å²) < 4.78 is 32.7. The van der Waals surface area contributed by atoms with Crippen molar-refractivity contribution < 1.29 is 27.9 Å². The first kappa shape index (κ1) is 23.6. The summed E-state index contributed by atoms with van der Waals surface area (Å²) in [6.45, 7) is 20.2. The first-order valence-corrected chi connectivity index (χ1v) is 18.4. The van der Waals surface area contributed by atoms with Crippen molar-refractivity contribution in [3.63, 3.8) is 0 Å². The maximum atomic E-state index is 11.9. The molecule has 0 aromatic carbocycles. The fraction of sp³-hybridized carbons (Fsp3) is 0.870. The molecule has 7 atom stereocenters. The number of carbonyl (C=O) groups is 1. The van der Waals surface area contributed by atoms with E-state index < -0.39 is 27.7 Å². The summed E-state index contributed by atoms with van der Waals surface area (Å²) in [5.74, 6) is -0.258. The zero-order valence-electron chi connectivity index (χ0n) is 20.7. The number of ether oxygens (including phenoxy) is 3. The third-order valence-electron chi connectivity index (χ3n) is 7.74. The van der Waals surface area contributed by atoms with Gasteiger partial charge in [0.1, 0.15) is 18.3 Å². The van der Waals surface area contributed by atoms with Gasteiger partial charge in [-0.15, -0.1) is 0 Å². The first-order chi connectivity index (χ1) is 14.2. The Morgan fingerprint density at radius 2 is 1.77 bits per heavy atom. The van der Waals surface area contributed by atoms with Gasteiger partial charge >= 0.3 is 5.97 Å². The quantitative estimate of drug-likeness (QED) is 0.251. The average molecular weight is 469 g/mol. The van der Waals surface area contributed by atoms with E-state index >= 15 is 0 Å². The van der Waals surface area contributed by atoms with E-state index in [0.29, 0.717) is 13.2 Å². The minimum absolute atomic E-state index is 0.145. The van der Waals surface area contributed by atoms with Crippen LogP contribution in [0.3, 0.4) is 0 Å². The fourth-order valence-corrected chi connectivity index (χ4v) is 8.50. The molecule has 3 fully saturated rings. The highest BCUT2D eigenvalue weighted by Gasteiger charge is 2.85. The monoisotopic (exact) mass is 468 g/mol. The van der Waals surface area contributed by atoms with E-state index in [9.17, 15) is 4.79 Å². The Kier molecular flexibility index (Phi) is 5.52. The molecule has 7 unspecified atom stereocenters. The van der Waals surface area contributed by atoms with Crippen LogP contribution in [0.15, 0.2) is 11.6 Å². The van der Waals surface area contributed by atoms with E-state index in [-0.39, 0.29) is 35.8 Å². The van der Waals surface area contributed by atoms with Gasteiger partial charge in [-0.05, 0) is 59.0 Å². The van der Waals surface area contributed by atoms with Gasteiger partial charge < -0.3 is 23.1 Å². The van der Waals surface area contributed by atoms with Crippen LogP contribution in [0.5, 0.6) is 0 Å². The molecular weight excluding hydrogens is 428 g/mol. The minimum Gasteiger partial charge on any atom is -0.465 e. The molecule has 0 amide bonds. The number of esters is 1. The number of carbonyl (C=O) groups excluding carboxylic acids is 1. The molecule has 2 aliphatic heterocycles. The normalized spacial score (nSPS) is 44.1. The van der Waals surface area contributed by atoms with Crippen molar-refractivity contribution in [1.29, 1.82) is 0 Å². The van der Waals surface area contributed by atoms with Gasteiger partial charge in [0.2, 0.25) is 0 Å². The van der Waals surface area contributed by atoms with Crippen LogP contribution in [0.25, 0.3) is 0 Å². The van der Waals surface area contributed by atoms with E-state index in [1.165, 1.54) is 12.5 Å². The molecule has 0 aromatic heterocycles. The third kappa shape index (κ3) is 3.62. The van der Waals surface area contributed by atoms with Crippen molar-refractivity contribution >= 4 is 22.6 Å². The lowest BCUT2D eigenvalue weighted by atomic mass is 9.51. The molecular formula is C23H40O6Si2.